The van der Waals surface area contributed by atoms with Crippen LogP contribution in [0, 0.1) is 5.41 Å². The van der Waals surface area contributed by atoms with Gasteiger partial charge in [-0.2, -0.15) is 0 Å². The van der Waals surface area contributed by atoms with Crippen LogP contribution in [0.1, 0.15) is 28.9 Å². The zero-order chi connectivity index (χ0) is 23.9. The molecule has 3 amide bonds. The molecular weight excluding hydrogens is 462 g/mol. The summed E-state index contributed by atoms with van der Waals surface area (Å²) in [5.74, 6) is 1.10. The van der Waals surface area contributed by atoms with Crippen molar-refractivity contribution in [2.24, 2.45) is 0 Å². The molecule has 35 heavy (non-hydrogen) atoms. The van der Waals surface area contributed by atoms with Crippen molar-refractivity contribution in [2.45, 2.75) is 25.3 Å². The first-order valence-corrected chi connectivity index (χ1v) is 12.1. The number of para-hydroxylation sites is 1. The number of rotatable bonds is 5. The van der Waals surface area contributed by atoms with Crippen LogP contribution in [-0.2, 0) is 0 Å². The van der Waals surface area contributed by atoms with Crippen LogP contribution in [0.3, 0.4) is 0 Å². The van der Waals surface area contributed by atoms with Crippen molar-refractivity contribution in [3.05, 3.63) is 71.7 Å². The van der Waals surface area contributed by atoms with E-state index in [-0.39, 0.29) is 18.0 Å². The molecule has 6 rings (SSSR count). The fourth-order valence-electron chi connectivity index (χ4n) is 4.52. The minimum Gasteiger partial charge on any atom is -0.457 e. The van der Waals surface area contributed by atoms with Crippen molar-refractivity contribution in [1.82, 2.24) is 10.3 Å². The summed E-state index contributed by atoms with van der Waals surface area (Å²) >= 11 is 1.24. The van der Waals surface area contributed by atoms with E-state index in [4.69, 9.17) is 10.1 Å². The second kappa shape index (κ2) is 8.52. The molecule has 8 nitrogen and oxygen atoms in total. The Bertz CT molecular complexity index is 1470. The van der Waals surface area contributed by atoms with E-state index in [1.165, 1.54) is 11.3 Å². The van der Waals surface area contributed by atoms with Gasteiger partial charge in [0.15, 0.2) is 0 Å². The summed E-state index contributed by atoms with van der Waals surface area (Å²) in [5.41, 5.74) is 2.34. The third kappa shape index (κ3) is 3.79. The summed E-state index contributed by atoms with van der Waals surface area (Å²) in [7, 11) is 0. The second-order valence-electron chi connectivity index (χ2n) is 8.43. The number of carbonyl (C=O) groups is 2. The van der Waals surface area contributed by atoms with Crippen molar-refractivity contribution >= 4 is 56.3 Å². The van der Waals surface area contributed by atoms with E-state index >= 15 is 0 Å². The third-order valence-electron chi connectivity index (χ3n) is 6.19. The Morgan fingerprint density at radius 3 is 2.63 bits per heavy atom. The number of carbonyl (C=O) groups excluding carboxylic acids is 2. The lowest BCUT2D eigenvalue weighted by atomic mass is 10.1. The average molecular weight is 484 g/mol. The van der Waals surface area contributed by atoms with E-state index < -0.39 is 0 Å². The highest BCUT2D eigenvalue weighted by Crippen LogP contribution is 2.45. The van der Waals surface area contributed by atoms with Crippen LogP contribution in [-0.4, -0.2) is 28.7 Å². The molecule has 2 aromatic carbocycles. The maximum atomic E-state index is 13.2. The molecule has 3 heterocycles. The third-order valence-corrected chi connectivity index (χ3v) is 7.29. The molecule has 3 N–H and O–H groups in total. The van der Waals surface area contributed by atoms with Crippen LogP contribution < -0.4 is 20.3 Å². The van der Waals surface area contributed by atoms with Gasteiger partial charge in [0.1, 0.15) is 21.2 Å². The normalized spacial score (nSPS) is 16.9. The molecule has 1 aliphatic carbocycles. The van der Waals surface area contributed by atoms with Gasteiger partial charge in [-0.05, 0) is 61.7 Å². The number of nitrogens with one attached hydrogen (secondary N) is 3. The van der Waals surface area contributed by atoms with Crippen molar-refractivity contribution in [3.8, 4) is 11.5 Å². The van der Waals surface area contributed by atoms with Gasteiger partial charge in [-0.25, -0.2) is 9.78 Å². The van der Waals surface area contributed by atoms with Gasteiger partial charge in [-0.15, -0.1) is 11.3 Å². The molecule has 0 saturated heterocycles. The number of aromatic nitrogens is 1. The van der Waals surface area contributed by atoms with Crippen LogP contribution in [0.15, 0.2) is 66.9 Å². The number of anilines is 3. The molecule has 1 saturated carbocycles. The number of hydrogen-bond donors (Lipinski definition) is 3. The number of nitrogens with zero attached hydrogens (tertiary/aromatic N) is 2. The highest BCUT2D eigenvalue weighted by molar-refractivity contribution is 7.21. The standard InChI is InChI=1S/C26H21N5O3S/c27-18-7-4-8-19(18)29-24(32)23-22-21-20(13-14-28-25(21)35-23)31(26(33)30-22)15-9-11-17(12-10-15)34-16-5-2-1-3-6-16/h1-3,5-6,9-14,19,27H,4,7-8H2,(H,29,32)(H,30,33)/t19-/m0/s1. The predicted octanol–water partition coefficient (Wildman–Crippen LogP) is 6.07. The molecule has 0 radical (unpaired) electrons. The molecule has 2 aliphatic rings. The van der Waals surface area contributed by atoms with Gasteiger partial charge >= 0.3 is 6.03 Å². The Balaban J connectivity index is 1.33. The van der Waals surface area contributed by atoms with Gasteiger partial charge in [-0.3, -0.25) is 9.69 Å². The Morgan fingerprint density at radius 2 is 1.89 bits per heavy atom. The molecule has 4 aromatic rings. The fraction of sp³-hybridized carbons (Fsp3) is 0.154. The first-order chi connectivity index (χ1) is 17.1. The molecular formula is C26H21N5O3S. The Morgan fingerprint density at radius 1 is 1.11 bits per heavy atom. The van der Waals surface area contributed by atoms with Crippen LogP contribution in [0.5, 0.6) is 11.5 Å². The molecule has 0 spiro atoms. The van der Waals surface area contributed by atoms with E-state index in [0.717, 1.165) is 24.0 Å². The minimum absolute atomic E-state index is 0.250. The van der Waals surface area contributed by atoms with Crippen LogP contribution in [0.4, 0.5) is 21.9 Å². The summed E-state index contributed by atoms with van der Waals surface area (Å²) in [6.45, 7) is 0. The van der Waals surface area contributed by atoms with Gasteiger partial charge in [0, 0.05) is 11.9 Å². The van der Waals surface area contributed by atoms with Crippen LogP contribution in [0.2, 0.25) is 0 Å². The first-order valence-electron chi connectivity index (χ1n) is 11.3. The lowest BCUT2D eigenvalue weighted by Crippen LogP contribution is -2.38. The van der Waals surface area contributed by atoms with Crippen molar-refractivity contribution in [2.75, 3.05) is 10.2 Å². The number of amides is 3. The van der Waals surface area contributed by atoms with E-state index in [0.29, 0.717) is 44.7 Å². The lowest BCUT2D eigenvalue weighted by molar-refractivity contribution is 0.0951. The summed E-state index contributed by atoms with van der Waals surface area (Å²) in [6.07, 6.45) is 4.01. The summed E-state index contributed by atoms with van der Waals surface area (Å²) < 4.78 is 5.87. The number of thiophene rings is 1. The molecule has 1 fully saturated rings. The zero-order valence-corrected chi connectivity index (χ0v) is 19.4. The highest BCUT2D eigenvalue weighted by Gasteiger charge is 2.33. The first kappa shape index (κ1) is 21.3. The van der Waals surface area contributed by atoms with Crippen LogP contribution in [0.25, 0.3) is 10.2 Å². The number of urea groups is 1. The molecule has 174 valence electrons. The van der Waals surface area contributed by atoms with E-state index in [1.807, 2.05) is 54.6 Å². The van der Waals surface area contributed by atoms with Gasteiger partial charge in [0.2, 0.25) is 0 Å². The van der Waals surface area contributed by atoms with Crippen molar-refractivity contribution in [3.63, 3.8) is 0 Å². The van der Waals surface area contributed by atoms with Crippen molar-refractivity contribution in [1.29, 1.82) is 5.41 Å². The number of pyridine rings is 1. The summed E-state index contributed by atoms with van der Waals surface area (Å²) in [6, 6.07) is 17.9. The van der Waals surface area contributed by atoms with E-state index in [2.05, 4.69) is 15.6 Å². The number of ether oxygens (including phenoxy) is 1. The average Bonchev–Trinajstić information content (AvgIpc) is 3.44. The van der Waals surface area contributed by atoms with Crippen molar-refractivity contribution < 1.29 is 14.3 Å². The van der Waals surface area contributed by atoms with Gasteiger partial charge in [0.05, 0.1) is 28.5 Å². The zero-order valence-electron chi connectivity index (χ0n) is 18.6. The summed E-state index contributed by atoms with van der Waals surface area (Å²) in [5, 5.41) is 14.6. The molecule has 9 heteroatoms. The van der Waals surface area contributed by atoms with E-state index in [1.54, 1.807) is 17.2 Å². The largest absolute Gasteiger partial charge is 0.457 e. The van der Waals surface area contributed by atoms with Gasteiger partial charge < -0.3 is 20.8 Å². The van der Waals surface area contributed by atoms with Gasteiger partial charge in [-0.1, -0.05) is 18.2 Å². The Labute approximate surface area is 205 Å². The molecule has 0 unspecified atom stereocenters. The Hall–Kier alpha value is -4.24. The predicted molar refractivity (Wildman–Crippen MR) is 137 cm³/mol. The fourth-order valence-corrected chi connectivity index (χ4v) is 5.54. The van der Waals surface area contributed by atoms with Crippen LogP contribution >= 0.6 is 11.3 Å². The highest BCUT2D eigenvalue weighted by atomic mass is 32.1. The minimum atomic E-state index is -0.359. The Kier molecular flexibility index (Phi) is 5.18. The number of hydrogen-bond acceptors (Lipinski definition) is 6. The molecule has 1 atom stereocenters. The molecule has 2 aromatic heterocycles. The monoisotopic (exact) mass is 483 g/mol. The smallest absolute Gasteiger partial charge is 0.331 e. The maximum Gasteiger partial charge on any atom is 0.331 e. The number of benzene rings is 2. The topological polar surface area (TPSA) is 107 Å². The SMILES string of the molecule is N=C1CCC[C@@H]1NC(=O)c1sc2nccc3c2c1NC(=O)N3c1ccc(Oc2ccccc2)cc1. The molecule has 0 bridgehead atoms. The second-order valence-corrected chi connectivity index (χ2v) is 9.43. The quantitative estimate of drug-likeness (QED) is 0.320. The molecule has 1 aliphatic heterocycles. The van der Waals surface area contributed by atoms with E-state index in [9.17, 15) is 9.59 Å². The van der Waals surface area contributed by atoms with Gasteiger partial charge in [0.25, 0.3) is 5.91 Å². The maximum absolute atomic E-state index is 13.2. The summed E-state index contributed by atoms with van der Waals surface area (Å²) in [4.78, 5) is 33.4. The lowest BCUT2D eigenvalue weighted by Gasteiger charge is -2.28.